The Labute approximate surface area is 162 Å². The second-order valence-electron chi connectivity index (χ2n) is 6.08. The lowest BCUT2D eigenvalue weighted by Crippen LogP contribution is -1.98. The minimum atomic E-state index is 1.09. The highest BCUT2D eigenvalue weighted by molar-refractivity contribution is 5.64. The third kappa shape index (κ3) is 10.2. The lowest BCUT2D eigenvalue weighted by atomic mass is 10.0. The summed E-state index contributed by atoms with van der Waals surface area (Å²) in [5.74, 6) is 0. The fourth-order valence-corrected chi connectivity index (χ4v) is 2.42. The van der Waals surface area contributed by atoms with Crippen LogP contribution in [0.1, 0.15) is 78.6 Å². The van der Waals surface area contributed by atoms with Gasteiger partial charge in [-0.1, -0.05) is 83.0 Å². The van der Waals surface area contributed by atoms with Crippen molar-refractivity contribution in [3.63, 3.8) is 0 Å². The van der Waals surface area contributed by atoms with Gasteiger partial charge in [-0.25, -0.2) is 0 Å². The molecular formula is C25H39N. The maximum Gasteiger partial charge on any atom is 0.0413 e. The van der Waals surface area contributed by atoms with Crippen LogP contribution in [-0.4, -0.2) is 4.98 Å². The van der Waals surface area contributed by atoms with Gasteiger partial charge < -0.3 is 0 Å². The Hall–Kier alpha value is -1.89. The van der Waals surface area contributed by atoms with Crippen LogP contribution < -0.4 is 0 Å². The molecule has 0 atom stereocenters. The average molecular weight is 354 g/mol. The van der Waals surface area contributed by atoms with E-state index in [0.29, 0.717) is 0 Å². The van der Waals surface area contributed by atoms with E-state index in [0.717, 1.165) is 12.8 Å². The Balaban J connectivity index is 0.000000920. The minimum Gasteiger partial charge on any atom is -0.258 e. The van der Waals surface area contributed by atoms with E-state index in [1.165, 1.54) is 48.2 Å². The fourth-order valence-electron chi connectivity index (χ4n) is 2.42. The standard InChI is InChI=1S/C19H25N.C4H8.C2H6/c1-3-5-12-18-14-17(16-10-8-7-9-11-16)15-19(20-18)13-6-4-2;1-3-4-2;1-2/h7-11,14-15H,3-6,12-13H2,1-2H3;3-4H,1-2H3;1-2H3/b;4-3-;. The highest BCUT2D eigenvalue weighted by atomic mass is 14.7. The van der Waals surface area contributed by atoms with Crippen molar-refractivity contribution < 1.29 is 0 Å². The number of unbranched alkanes of at least 4 members (excludes halogenated alkanes) is 2. The smallest absolute Gasteiger partial charge is 0.0413 e. The summed E-state index contributed by atoms with van der Waals surface area (Å²) in [5.41, 5.74) is 5.11. The summed E-state index contributed by atoms with van der Waals surface area (Å²) in [6.45, 7) is 12.5. The van der Waals surface area contributed by atoms with Gasteiger partial charge in [-0.05, 0) is 62.8 Å². The zero-order chi connectivity index (χ0) is 19.6. The first-order chi connectivity index (χ1) is 12.7. The summed E-state index contributed by atoms with van der Waals surface area (Å²) >= 11 is 0. The van der Waals surface area contributed by atoms with Crippen molar-refractivity contribution in [3.05, 3.63) is 66.0 Å². The summed E-state index contributed by atoms with van der Waals surface area (Å²) in [4.78, 5) is 4.83. The number of nitrogens with zero attached hydrogens (tertiary/aromatic N) is 1. The fraction of sp³-hybridized carbons (Fsp3) is 0.480. The van der Waals surface area contributed by atoms with Crippen LogP contribution in [0.5, 0.6) is 0 Å². The summed E-state index contributed by atoms with van der Waals surface area (Å²) in [6, 6.07) is 15.2. The maximum absolute atomic E-state index is 4.83. The molecule has 2 aromatic rings. The highest BCUT2D eigenvalue weighted by Crippen LogP contribution is 2.22. The number of allylic oxidation sites excluding steroid dienone is 2. The van der Waals surface area contributed by atoms with Crippen LogP contribution in [0, 0.1) is 0 Å². The molecule has 0 N–H and O–H groups in total. The van der Waals surface area contributed by atoms with Crippen molar-refractivity contribution in [1.82, 2.24) is 4.98 Å². The van der Waals surface area contributed by atoms with Gasteiger partial charge in [-0.3, -0.25) is 4.98 Å². The molecule has 0 saturated carbocycles. The Morgan fingerprint density at radius 2 is 1.19 bits per heavy atom. The first-order valence-electron chi connectivity index (χ1n) is 10.4. The Bertz CT molecular complexity index is 554. The van der Waals surface area contributed by atoms with E-state index in [2.05, 4.69) is 56.3 Å². The molecule has 144 valence electrons. The molecule has 0 radical (unpaired) electrons. The molecule has 0 spiro atoms. The summed E-state index contributed by atoms with van der Waals surface area (Å²) in [7, 11) is 0. The van der Waals surface area contributed by atoms with Crippen molar-refractivity contribution in [2.24, 2.45) is 0 Å². The molecule has 1 aromatic heterocycles. The van der Waals surface area contributed by atoms with Crippen LogP contribution in [-0.2, 0) is 12.8 Å². The van der Waals surface area contributed by atoms with E-state index in [1.807, 2.05) is 39.8 Å². The van der Waals surface area contributed by atoms with Gasteiger partial charge in [0.15, 0.2) is 0 Å². The van der Waals surface area contributed by atoms with Crippen molar-refractivity contribution in [3.8, 4) is 11.1 Å². The second-order valence-corrected chi connectivity index (χ2v) is 6.08. The third-order valence-electron chi connectivity index (χ3n) is 3.94. The largest absolute Gasteiger partial charge is 0.258 e. The van der Waals surface area contributed by atoms with E-state index in [9.17, 15) is 0 Å². The zero-order valence-corrected chi connectivity index (χ0v) is 17.9. The molecule has 0 aliphatic carbocycles. The predicted octanol–water partition coefficient (Wildman–Crippen LogP) is 8.04. The van der Waals surface area contributed by atoms with Gasteiger partial charge in [0.05, 0.1) is 0 Å². The molecule has 0 aliphatic heterocycles. The molecule has 1 aromatic carbocycles. The Kier molecular flexibility index (Phi) is 15.4. The first-order valence-corrected chi connectivity index (χ1v) is 10.4. The van der Waals surface area contributed by atoms with E-state index in [1.54, 1.807) is 0 Å². The molecule has 1 heterocycles. The van der Waals surface area contributed by atoms with E-state index in [4.69, 9.17) is 4.98 Å². The molecule has 0 bridgehead atoms. The summed E-state index contributed by atoms with van der Waals surface area (Å²) in [6.07, 6.45) is 11.1. The van der Waals surface area contributed by atoms with Crippen molar-refractivity contribution in [1.29, 1.82) is 0 Å². The minimum absolute atomic E-state index is 1.09. The molecule has 1 nitrogen and oxygen atoms in total. The third-order valence-corrected chi connectivity index (χ3v) is 3.94. The van der Waals surface area contributed by atoms with Gasteiger partial charge in [0.25, 0.3) is 0 Å². The van der Waals surface area contributed by atoms with Gasteiger partial charge in [0.1, 0.15) is 0 Å². The molecular weight excluding hydrogens is 314 g/mol. The molecule has 2 rings (SSSR count). The van der Waals surface area contributed by atoms with Crippen LogP contribution in [0.15, 0.2) is 54.6 Å². The van der Waals surface area contributed by atoms with Crippen molar-refractivity contribution in [2.45, 2.75) is 80.1 Å². The van der Waals surface area contributed by atoms with E-state index in [-0.39, 0.29) is 0 Å². The topological polar surface area (TPSA) is 12.9 Å². The second kappa shape index (κ2) is 16.6. The normalized spacial score (nSPS) is 9.92. The summed E-state index contributed by atoms with van der Waals surface area (Å²) < 4.78 is 0. The molecule has 26 heavy (non-hydrogen) atoms. The van der Waals surface area contributed by atoms with Gasteiger partial charge in [-0.15, -0.1) is 0 Å². The predicted molar refractivity (Wildman–Crippen MR) is 119 cm³/mol. The van der Waals surface area contributed by atoms with Crippen molar-refractivity contribution >= 4 is 0 Å². The monoisotopic (exact) mass is 353 g/mol. The van der Waals surface area contributed by atoms with Crippen LogP contribution in [0.3, 0.4) is 0 Å². The molecule has 0 saturated heterocycles. The number of pyridine rings is 1. The summed E-state index contributed by atoms with van der Waals surface area (Å²) in [5, 5.41) is 0. The molecule has 1 heteroatoms. The van der Waals surface area contributed by atoms with E-state index < -0.39 is 0 Å². The van der Waals surface area contributed by atoms with Gasteiger partial charge in [-0.2, -0.15) is 0 Å². The molecule has 0 amide bonds. The van der Waals surface area contributed by atoms with Gasteiger partial charge >= 0.3 is 0 Å². The molecule has 0 fully saturated rings. The first kappa shape index (κ1) is 24.1. The van der Waals surface area contributed by atoms with Gasteiger partial charge in [0.2, 0.25) is 0 Å². The number of benzene rings is 1. The van der Waals surface area contributed by atoms with Crippen LogP contribution in [0.2, 0.25) is 0 Å². The number of hydrogen-bond donors (Lipinski definition) is 0. The van der Waals surface area contributed by atoms with Gasteiger partial charge in [0, 0.05) is 11.4 Å². The maximum atomic E-state index is 4.83. The van der Waals surface area contributed by atoms with Crippen LogP contribution >= 0.6 is 0 Å². The average Bonchev–Trinajstić information content (AvgIpc) is 2.73. The van der Waals surface area contributed by atoms with Crippen molar-refractivity contribution in [2.75, 3.05) is 0 Å². The number of aromatic nitrogens is 1. The van der Waals surface area contributed by atoms with Crippen LogP contribution in [0.25, 0.3) is 11.1 Å². The molecule has 0 unspecified atom stereocenters. The number of rotatable bonds is 7. The number of aryl methyl sites for hydroxylation is 2. The Morgan fingerprint density at radius 3 is 1.58 bits per heavy atom. The lowest BCUT2D eigenvalue weighted by molar-refractivity contribution is 0.746. The van der Waals surface area contributed by atoms with Crippen LogP contribution in [0.4, 0.5) is 0 Å². The molecule has 0 aliphatic rings. The number of hydrogen-bond acceptors (Lipinski definition) is 1. The Morgan fingerprint density at radius 1 is 0.731 bits per heavy atom. The zero-order valence-electron chi connectivity index (χ0n) is 17.9. The lowest BCUT2D eigenvalue weighted by Gasteiger charge is -2.09. The van der Waals surface area contributed by atoms with E-state index >= 15 is 0 Å². The highest BCUT2D eigenvalue weighted by Gasteiger charge is 2.05. The quantitative estimate of drug-likeness (QED) is 0.459. The SMILES string of the molecule is C/C=C\C.CC.CCCCc1cc(-c2ccccc2)cc(CCCC)n1.